The summed E-state index contributed by atoms with van der Waals surface area (Å²) in [6, 6.07) is 0. The van der Waals surface area contributed by atoms with E-state index in [0.29, 0.717) is 17.7 Å². The molecule has 0 unspecified atom stereocenters. The van der Waals surface area contributed by atoms with Gasteiger partial charge in [-0.25, -0.2) is 9.78 Å². The lowest BCUT2D eigenvalue weighted by Gasteiger charge is -2.05. The van der Waals surface area contributed by atoms with Crippen LogP contribution in [-0.2, 0) is 13.1 Å². The average Bonchev–Trinajstić information content (AvgIpc) is 2.74. The van der Waals surface area contributed by atoms with E-state index >= 15 is 0 Å². The maximum absolute atomic E-state index is 11.9. The number of unbranched alkanes of at least 4 members (excludes halogenated alkanes) is 1. The quantitative estimate of drug-likeness (QED) is 0.863. The number of hydrogen-bond donors (Lipinski definition) is 1. The Hall–Kier alpha value is -1.85. The van der Waals surface area contributed by atoms with Gasteiger partial charge in [-0.2, -0.15) is 0 Å². The van der Waals surface area contributed by atoms with Gasteiger partial charge in [0.25, 0.3) is 5.56 Å². The van der Waals surface area contributed by atoms with Gasteiger partial charge in [-0.3, -0.25) is 14.3 Å². The van der Waals surface area contributed by atoms with Crippen LogP contribution in [0.5, 0.6) is 0 Å². The van der Waals surface area contributed by atoms with Gasteiger partial charge in [0.15, 0.2) is 11.2 Å². The van der Waals surface area contributed by atoms with Crippen LogP contribution >= 0.6 is 0 Å². The number of fused-ring (bicyclic) bond motifs is 1. The van der Waals surface area contributed by atoms with Crippen molar-refractivity contribution in [1.29, 1.82) is 0 Å². The normalized spacial score (nSPS) is 11.2. The first-order valence-corrected chi connectivity index (χ1v) is 6.37. The van der Waals surface area contributed by atoms with Crippen LogP contribution < -0.4 is 11.2 Å². The largest absolute Gasteiger partial charge is 0.330 e. The maximum Gasteiger partial charge on any atom is 0.330 e. The van der Waals surface area contributed by atoms with E-state index in [1.807, 2.05) is 6.92 Å². The Morgan fingerprint density at radius 2 is 2.00 bits per heavy atom. The van der Waals surface area contributed by atoms with Crippen molar-refractivity contribution in [3.63, 3.8) is 0 Å². The molecule has 0 saturated carbocycles. The van der Waals surface area contributed by atoms with Gasteiger partial charge < -0.3 is 4.57 Å². The van der Waals surface area contributed by atoms with E-state index in [2.05, 4.69) is 16.9 Å². The molecule has 98 valence electrons. The Morgan fingerprint density at radius 3 is 2.67 bits per heavy atom. The lowest BCUT2D eigenvalue weighted by Crippen LogP contribution is -2.31. The summed E-state index contributed by atoms with van der Waals surface area (Å²) in [6.07, 6.45) is 4.43. The highest BCUT2D eigenvalue weighted by Gasteiger charge is 2.12. The highest BCUT2D eigenvalue weighted by molar-refractivity contribution is 5.69. The van der Waals surface area contributed by atoms with Crippen molar-refractivity contribution >= 4 is 11.2 Å². The van der Waals surface area contributed by atoms with Gasteiger partial charge in [0.2, 0.25) is 0 Å². The topological polar surface area (TPSA) is 72.7 Å². The van der Waals surface area contributed by atoms with Crippen LogP contribution in [0, 0.1) is 0 Å². The second kappa shape index (κ2) is 5.20. The Balaban J connectivity index is 2.64. The van der Waals surface area contributed by atoms with Crippen LogP contribution in [-0.4, -0.2) is 19.1 Å². The number of aromatic amines is 1. The molecule has 2 aromatic rings. The number of H-pyrrole nitrogens is 1. The molecule has 0 radical (unpaired) electrons. The standard InChI is InChI=1S/C12H18N4O2/c1-3-5-7-16-10-9(11(17)14-12(16)18)15(6-4-2)8-13-10/h8H,3-7H2,1-2H3,(H,14,17,18). The average molecular weight is 250 g/mol. The first-order valence-electron chi connectivity index (χ1n) is 6.37. The summed E-state index contributed by atoms with van der Waals surface area (Å²) in [5.74, 6) is 0. The predicted octanol–water partition coefficient (Wildman–Crippen LogP) is 1.10. The van der Waals surface area contributed by atoms with E-state index < -0.39 is 0 Å². The van der Waals surface area contributed by atoms with Gasteiger partial charge in [-0.15, -0.1) is 0 Å². The van der Waals surface area contributed by atoms with Crippen LogP contribution in [0.1, 0.15) is 33.1 Å². The van der Waals surface area contributed by atoms with Crippen LogP contribution in [0.15, 0.2) is 15.9 Å². The van der Waals surface area contributed by atoms with Crippen LogP contribution in [0.4, 0.5) is 0 Å². The van der Waals surface area contributed by atoms with Crippen molar-refractivity contribution in [2.45, 2.75) is 46.2 Å². The van der Waals surface area contributed by atoms with E-state index in [1.54, 1.807) is 15.5 Å². The van der Waals surface area contributed by atoms with Crippen LogP contribution in [0.3, 0.4) is 0 Å². The Bertz CT molecular complexity index is 650. The van der Waals surface area contributed by atoms with E-state index in [9.17, 15) is 9.59 Å². The molecule has 0 aliphatic carbocycles. The molecule has 0 bridgehead atoms. The molecule has 6 heteroatoms. The minimum atomic E-state index is -0.373. The van der Waals surface area contributed by atoms with Crippen LogP contribution in [0.2, 0.25) is 0 Å². The lowest BCUT2D eigenvalue weighted by molar-refractivity contribution is 0.612. The number of aromatic nitrogens is 4. The zero-order chi connectivity index (χ0) is 13.1. The molecule has 0 aliphatic heterocycles. The molecule has 18 heavy (non-hydrogen) atoms. The maximum atomic E-state index is 11.9. The van der Waals surface area contributed by atoms with Crippen molar-refractivity contribution in [1.82, 2.24) is 19.1 Å². The summed E-state index contributed by atoms with van der Waals surface area (Å²) >= 11 is 0. The zero-order valence-corrected chi connectivity index (χ0v) is 10.8. The number of imidazole rings is 1. The summed E-state index contributed by atoms with van der Waals surface area (Å²) in [7, 11) is 0. The van der Waals surface area contributed by atoms with Gasteiger partial charge in [0.05, 0.1) is 6.33 Å². The molecule has 1 N–H and O–H groups in total. The lowest BCUT2D eigenvalue weighted by atomic mass is 10.3. The van der Waals surface area contributed by atoms with Crippen molar-refractivity contribution in [2.24, 2.45) is 0 Å². The molecule has 2 rings (SSSR count). The summed E-state index contributed by atoms with van der Waals surface area (Å²) < 4.78 is 3.35. The summed E-state index contributed by atoms with van der Waals surface area (Å²) in [6.45, 7) is 5.41. The van der Waals surface area contributed by atoms with Crippen LogP contribution in [0.25, 0.3) is 11.2 Å². The van der Waals surface area contributed by atoms with Crippen molar-refractivity contribution in [3.05, 3.63) is 27.2 Å². The fourth-order valence-corrected chi connectivity index (χ4v) is 2.06. The molecule has 2 heterocycles. The SMILES string of the molecule is CCCCn1c(=O)[nH]c(=O)c2c1ncn2CCC. The van der Waals surface area contributed by atoms with Gasteiger partial charge in [-0.1, -0.05) is 20.3 Å². The van der Waals surface area contributed by atoms with Crippen molar-refractivity contribution in [3.8, 4) is 0 Å². The Morgan fingerprint density at radius 1 is 1.22 bits per heavy atom. The fraction of sp³-hybridized carbons (Fsp3) is 0.583. The number of nitrogens with one attached hydrogen (secondary N) is 1. The van der Waals surface area contributed by atoms with Crippen molar-refractivity contribution in [2.75, 3.05) is 0 Å². The Kier molecular flexibility index (Phi) is 3.64. The van der Waals surface area contributed by atoms with Gasteiger partial charge in [0.1, 0.15) is 0 Å². The van der Waals surface area contributed by atoms with E-state index in [0.717, 1.165) is 25.8 Å². The Labute approximate surface area is 104 Å². The molecule has 0 saturated heterocycles. The monoisotopic (exact) mass is 250 g/mol. The van der Waals surface area contributed by atoms with E-state index in [4.69, 9.17) is 0 Å². The smallest absolute Gasteiger partial charge is 0.325 e. The highest BCUT2D eigenvalue weighted by Crippen LogP contribution is 2.07. The van der Waals surface area contributed by atoms with E-state index in [-0.39, 0.29) is 11.2 Å². The molecule has 0 aliphatic rings. The van der Waals surface area contributed by atoms with E-state index in [1.165, 1.54) is 0 Å². The summed E-state index contributed by atoms with van der Waals surface area (Å²) in [5.41, 5.74) is 0.259. The number of hydrogen-bond acceptors (Lipinski definition) is 3. The molecule has 2 aromatic heterocycles. The molecule has 0 amide bonds. The number of aryl methyl sites for hydroxylation is 2. The second-order valence-corrected chi connectivity index (χ2v) is 4.37. The third-order valence-corrected chi connectivity index (χ3v) is 2.95. The third-order valence-electron chi connectivity index (χ3n) is 2.95. The molecule has 6 nitrogen and oxygen atoms in total. The van der Waals surface area contributed by atoms with Gasteiger partial charge in [-0.05, 0) is 12.8 Å². The second-order valence-electron chi connectivity index (χ2n) is 4.37. The highest BCUT2D eigenvalue weighted by atomic mass is 16.2. The molecule has 0 spiro atoms. The third kappa shape index (κ3) is 2.10. The molecule has 0 fully saturated rings. The number of nitrogens with zero attached hydrogens (tertiary/aromatic N) is 3. The number of rotatable bonds is 5. The van der Waals surface area contributed by atoms with Gasteiger partial charge >= 0.3 is 5.69 Å². The molecule has 0 aromatic carbocycles. The first kappa shape index (κ1) is 12.6. The van der Waals surface area contributed by atoms with Gasteiger partial charge in [0, 0.05) is 13.1 Å². The summed E-state index contributed by atoms with van der Waals surface area (Å²) in [4.78, 5) is 30.2. The first-order chi connectivity index (χ1) is 8.69. The molecular weight excluding hydrogens is 232 g/mol. The minimum Gasteiger partial charge on any atom is -0.325 e. The van der Waals surface area contributed by atoms with Crippen molar-refractivity contribution < 1.29 is 0 Å². The summed E-state index contributed by atoms with van der Waals surface area (Å²) in [5, 5.41) is 0. The fourth-order valence-electron chi connectivity index (χ4n) is 2.06. The predicted molar refractivity (Wildman–Crippen MR) is 69.8 cm³/mol. The molecule has 0 atom stereocenters. The molecular formula is C12H18N4O2. The minimum absolute atomic E-state index is 0.353. The zero-order valence-electron chi connectivity index (χ0n) is 10.8.